The number of carboxylic acids is 1. The first-order valence-corrected chi connectivity index (χ1v) is 6.45. The van der Waals surface area contributed by atoms with Gasteiger partial charge in [0.2, 0.25) is 0 Å². The molecule has 3 nitrogen and oxygen atoms in total. The Balaban J connectivity index is 2.14. The van der Waals surface area contributed by atoms with Crippen LogP contribution in [-0.2, 0) is 6.42 Å². The number of carboxylic acid groups (broad SMARTS) is 1. The molecule has 1 aliphatic heterocycles. The van der Waals surface area contributed by atoms with Gasteiger partial charge < -0.3 is 9.84 Å². The van der Waals surface area contributed by atoms with Crippen LogP contribution in [0.1, 0.15) is 22.3 Å². The molecule has 2 aromatic carbocycles. The summed E-state index contributed by atoms with van der Waals surface area (Å²) in [6.45, 7) is 0.701. The zero-order valence-electron chi connectivity index (χ0n) is 10.7. The number of ether oxygens (including phenoxy) is 1. The third-order valence-electron chi connectivity index (χ3n) is 3.45. The van der Waals surface area contributed by atoms with Crippen LogP contribution in [0.2, 0.25) is 0 Å². The van der Waals surface area contributed by atoms with Crippen molar-refractivity contribution in [1.29, 1.82) is 0 Å². The number of aryl methyl sites for hydroxylation is 1. The van der Waals surface area contributed by atoms with Crippen LogP contribution in [0.4, 0.5) is 4.39 Å². The van der Waals surface area contributed by atoms with Crippen molar-refractivity contribution in [2.75, 3.05) is 6.61 Å². The summed E-state index contributed by atoms with van der Waals surface area (Å²) >= 11 is 0. The van der Waals surface area contributed by atoms with Crippen molar-refractivity contribution >= 4 is 5.97 Å². The number of aromatic carboxylic acids is 1. The predicted octanol–water partition coefficient (Wildman–Crippen LogP) is 3.52. The molecule has 0 saturated heterocycles. The summed E-state index contributed by atoms with van der Waals surface area (Å²) in [6.07, 6.45) is 1.83. The molecule has 0 radical (unpaired) electrons. The van der Waals surface area contributed by atoms with Gasteiger partial charge >= 0.3 is 5.97 Å². The van der Waals surface area contributed by atoms with Crippen LogP contribution in [0.15, 0.2) is 36.4 Å². The Labute approximate surface area is 115 Å². The van der Waals surface area contributed by atoms with E-state index in [-0.39, 0.29) is 5.56 Å². The zero-order chi connectivity index (χ0) is 14.1. The molecule has 0 spiro atoms. The summed E-state index contributed by atoms with van der Waals surface area (Å²) in [4.78, 5) is 11.2. The highest BCUT2D eigenvalue weighted by molar-refractivity contribution is 5.96. The number of benzene rings is 2. The molecule has 20 heavy (non-hydrogen) atoms. The minimum absolute atomic E-state index is 0.288. The average Bonchev–Trinajstić information content (AvgIpc) is 2.46. The molecule has 1 aliphatic rings. The molecule has 0 atom stereocenters. The van der Waals surface area contributed by atoms with Crippen LogP contribution < -0.4 is 4.74 Å². The fourth-order valence-corrected chi connectivity index (χ4v) is 2.51. The highest BCUT2D eigenvalue weighted by atomic mass is 19.1. The second-order valence-corrected chi connectivity index (χ2v) is 4.74. The minimum Gasteiger partial charge on any atom is -0.493 e. The van der Waals surface area contributed by atoms with Crippen molar-refractivity contribution in [2.45, 2.75) is 12.8 Å². The van der Waals surface area contributed by atoms with E-state index < -0.39 is 11.8 Å². The molecular weight excluding hydrogens is 259 g/mol. The molecule has 0 bridgehead atoms. The van der Waals surface area contributed by atoms with Crippen LogP contribution in [0.3, 0.4) is 0 Å². The lowest BCUT2D eigenvalue weighted by Gasteiger charge is -2.18. The SMILES string of the molecule is O=C(O)c1c(F)cccc1-c1ccc2c(c1)CCCO2. The summed E-state index contributed by atoms with van der Waals surface area (Å²) in [5.74, 6) is -1.15. The monoisotopic (exact) mass is 272 g/mol. The van der Waals surface area contributed by atoms with Crippen LogP contribution in [0, 0.1) is 5.82 Å². The fraction of sp³-hybridized carbons (Fsp3) is 0.188. The first-order valence-electron chi connectivity index (χ1n) is 6.45. The van der Waals surface area contributed by atoms with E-state index in [9.17, 15) is 14.3 Å². The van der Waals surface area contributed by atoms with E-state index in [0.29, 0.717) is 17.7 Å². The van der Waals surface area contributed by atoms with Gasteiger partial charge in [0.1, 0.15) is 17.1 Å². The quantitative estimate of drug-likeness (QED) is 0.909. The molecule has 0 fully saturated rings. The number of rotatable bonds is 2. The number of halogens is 1. The molecule has 1 heterocycles. The average molecular weight is 272 g/mol. The third-order valence-corrected chi connectivity index (χ3v) is 3.45. The number of hydrogen-bond acceptors (Lipinski definition) is 2. The van der Waals surface area contributed by atoms with Gasteiger partial charge in [-0.25, -0.2) is 9.18 Å². The molecule has 0 aliphatic carbocycles. The van der Waals surface area contributed by atoms with E-state index in [2.05, 4.69) is 0 Å². The van der Waals surface area contributed by atoms with Crippen molar-refractivity contribution in [2.24, 2.45) is 0 Å². The Kier molecular flexibility index (Phi) is 3.14. The molecule has 3 rings (SSSR count). The predicted molar refractivity (Wildman–Crippen MR) is 72.6 cm³/mol. The molecule has 0 amide bonds. The lowest BCUT2D eigenvalue weighted by atomic mass is 9.95. The second-order valence-electron chi connectivity index (χ2n) is 4.74. The normalized spacial score (nSPS) is 13.4. The van der Waals surface area contributed by atoms with E-state index in [0.717, 1.165) is 30.2 Å². The van der Waals surface area contributed by atoms with Crippen LogP contribution in [0.25, 0.3) is 11.1 Å². The number of carbonyl (C=O) groups is 1. The summed E-state index contributed by atoms with van der Waals surface area (Å²) < 4.78 is 19.2. The highest BCUT2D eigenvalue weighted by Gasteiger charge is 2.18. The molecule has 0 aromatic heterocycles. The summed E-state index contributed by atoms with van der Waals surface area (Å²) in [6, 6.07) is 9.78. The smallest absolute Gasteiger partial charge is 0.339 e. The molecule has 0 unspecified atom stereocenters. The van der Waals surface area contributed by atoms with Gasteiger partial charge in [-0.1, -0.05) is 18.2 Å². The van der Waals surface area contributed by atoms with E-state index in [1.165, 1.54) is 6.07 Å². The minimum atomic E-state index is -1.26. The molecular formula is C16H13FO3. The molecule has 102 valence electrons. The fourth-order valence-electron chi connectivity index (χ4n) is 2.51. The van der Waals surface area contributed by atoms with E-state index in [4.69, 9.17) is 4.74 Å². The van der Waals surface area contributed by atoms with Gasteiger partial charge in [-0.15, -0.1) is 0 Å². The lowest BCUT2D eigenvalue weighted by Crippen LogP contribution is -2.08. The molecule has 4 heteroatoms. The van der Waals surface area contributed by atoms with E-state index >= 15 is 0 Å². The first-order chi connectivity index (χ1) is 9.66. The van der Waals surface area contributed by atoms with Gasteiger partial charge in [-0.05, 0) is 47.7 Å². The first kappa shape index (κ1) is 12.7. The van der Waals surface area contributed by atoms with Crippen molar-refractivity contribution in [1.82, 2.24) is 0 Å². The Morgan fingerprint density at radius 1 is 1.25 bits per heavy atom. The topological polar surface area (TPSA) is 46.5 Å². The van der Waals surface area contributed by atoms with Crippen molar-refractivity contribution in [3.63, 3.8) is 0 Å². The van der Waals surface area contributed by atoms with Crippen LogP contribution in [-0.4, -0.2) is 17.7 Å². The maximum Gasteiger partial charge on any atom is 0.339 e. The Morgan fingerprint density at radius 2 is 2.10 bits per heavy atom. The summed E-state index contributed by atoms with van der Waals surface area (Å²) in [7, 11) is 0. The van der Waals surface area contributed by atoms with Gasteiger partial charge in [0.25, 0.3) is 0 Å². The van der Waals surface area contributed by atoms with Crippen LogP contribution in [0.5, 0.6) is 5.75 Å². The van der Waals surface area contributed by atoms with E-state index in [1.54, 1.807) is 12.1 Å². The van der Waals surface area contributed by atoms with Gasteiger partial charge in [-0.3, -0.25) is 0 Å². The third kappa shape index (κ3) is 2.13. The number of hydrogen-bond donors (Lipinski definition) is 1. The largest absolute Gasteiger partial charge is 0.493 e. The van der Waals surface area contributed by atoms with Crippen molar-refractivity contribution < 1.29 is 19.0 Å². The molecule has 1 N–H and O–H groups in total. The molecule has 2 aromatic rings. The Hall–Kier alpha value is -2.36. The van der Waals surface area contributed by atoms with Crippen molar-refractivity contribution in [3.05, 3.63) is 53.3 Å². The van der Waals surface area contributed by atoms with Gasteiger partial charge in [0.05, 0.1) is 6.61 Å². The van der Waals surface area contributed by atoms with E-state index in [1.807, 2.05) is 12.1 Å². The lowest BCUT2D eigenvalue weighted by molar-refractivity contribution is 0.0693. The maximum absolute atomic E-state index is 13.7. The standard InChI is InChI=1S/C16H13FO3/c17-13-5-1-4-12(15(13)16(18)19)10-6-7-14-11(9-10)3-2-8-20-14/h1,4-7,9H,2-3,8H2,(H,18,19). The highest BCUT2D eigenvalue weighted by Crippen LogP contribution is 2.32. The zero-order valence-corrected chi connectivity index (χ0v) is 10.7. The maximum atomic E-state index is 13.7. The molecule has 0 saturated carbocycles. The summed E-state index contributed by atoms with van der Waals surface area (Å²) in [5, 5.41) is 9.18. The number of fused-ring (bicyclic) bond motifs is 1. The van der Waals surface area contributed by atoms with Crippen molar-refractivity contribution in [3.8, 4) is 16.9 Å². The van der Waals surface area contributed by atoms with Gasteiger partial charge in [-0.2, -0.15) is 0 Å². The van der Waals surface area contributed by atoms with Gasteiger partial charge in [0, 0.05) is 0 Å². The van der Waals surface area contributed by atoms with Crippen LogP contribution >= 0.6 is 0 Å². The Bertz CT molecular complexity index is 679. The van der Waals surface area contributed by atoms with Gasteiger partial charge in [0.15, 0.2) is 0 Å². The Morgan fingerprint density at radius 3 is 2.90 bits per heavy atom. The second kappa shape index (κ2) is 4.96. The summed E-state index contributed by atoms with van der Waals surface area (Å²) in [5.41, 5.74) is 1.84.